The van der Waals surface area contributed by atoms with E-state index in [0.29, 0.717) is 26.7 Å². The summed E-state index contributed by atoms with van der Waals surface area (Å²) < 4.78 is 11.5. The van der Waals surface area contributed by atoms with Gasteiger partial charge < -0.3 is 9.47 Å². The molecule has 0 spiro atoms. The van der Waals surface area contributed by atoms with Crippen LogP contribution in [0.2, 0.25) is 10.0 Å². The average molecular weight is 473 g/mol. The van der Waals surface area contributed by atoms with Crippen LogP contribution >= 0.6 is 34.5 Å². The van der Waals surface area contributed by atoms with Crippen LogP contribution in [0.15, 0.2) is 60.0 Å². The lowest BCUT2D eigenvalue weighted by molar-refractivity contribution is 0.102. The second-order valence-corrected chi connectivity index (χ2v) is 7.97. The number of hydrogen-bond acceptors (Lipinski definition) is 7. The summed E-state index contributed by atoms with van der Waals surface area (Å²) in [6.45, 7) is 1.84. The Balaban J connectivity index is 1.64. The first-order valence-electron chi connectivity index (χ1n) is 8.94. The molecule has 1 amide bonds. The molecule has 0 aliphatic heterocycles. The van der Waals surface area contributed by atoms with Crippen molar-refractivity contribution < 1.29 is 14.3 Å². The van der Waals surface area contributed by atoms with Crippen molar-refractivity contribution in [1.82, 2.24) is 15.0 Å². The molecule has 10 heteroatoms. The SMILES string of the molecule is Cc1csc(NC(=O)c2cc(Oc3ccc(Cl)cc3)nc(Oc3ccc(Cl)cc3)n2)n1. The van der Waals surface area contributed by atoms with Gasteiger partial charge in [-0.05, 0) is 55.5 Å². The first kappa shape index (κ1) is 21.0. The van der Waals surface area contributed by atoms with E-state index >= 15 is 0 Å². The Kier molecular flexibility index (Phi) is 6.31. The summed E-state index contributed by atoms with van der Waals surface area (Å²) in [6.07, 6.45) is 0. The highest BCUT2D eigenvalue weighted by atomic mass is 35.5. The second-order valence-electron chi connectivity index (χ2n) is 6.23. The van der Waals surface area contributed by atoms with E-state index < -0.39 is 5.91 Å². The second kappa shape index (κ2) is 9.30. The van der Waals surface area contributed by atoms with Gasteiger partial charge in [0, 0.05) is 21.5 Å². The van der Waals surface area contributed by atoms with E-state index in [1.54, 1.807) is 48.5 Å². The minimum Gasteiger partial charge on any atom is -0.439 e. The van der Waals surface area contributed by atoms with Crippen molar-refractivity contribution in [3.05, 3.63) is 81.4 Å². The number of hydrogen-bond donors (Lipinski definition) is 1. The molecule has 31 heavy (non-hydrogen) atoms. The number of nitrogens with one attached hydrogen (secondary N) is 1. The minimum atomic E-state index is -0.473. The number of anilines is 1. The number of thiazole rings is 1. The van der Waals surface area contributed by atoms with Crippen LogP contribution < -0.4 is 14.8 Å². The third-order valence-corrected chi connectivity index (χ3v) is 5.19. The predicted octanol–water partition coefficient (Wildman–Crippen LogP) is 6.39. The van der Waals surface area contributed by atoms with Gasteiger partial charge in [0.2, 0.25) is 5.88 Å². The summed E-state index contributed by atoms with van der Waals surface area (Å²) in [6, 6.07) is 14.8. The molecule has 0 saturated heterocycles. The molecule has 0 fully saturated rings. The van der Waals surface area contributed by atoms with E-state index in [4.69, 9.17) is 32.7 Å². The lowest BCUT2D eigenvalue weighted by Crippen LogP contribution is -2.14. The topological polar surface area (TPSA) is 86.2 Å². The average Bonchev–Trinajstić information content (AvgIpc) is 3.16. The molecule has 2 aromatic carbocycles. The molecule has 0 aliphatic rings. The number of aromatic nitrogens is 3. The summed E-state index contributed by atoms with van der Waals surface area (Å²) in [7, 11) is 0. The summed E-state index contributed by atoms with van der Waals surface area (Å²) in [5, 5.41) is 6.13. The number of halogens is 2. The Labute approximate surface area is 191 Å². The molecule has 4 rings (SSSR count). The Hall–Kier alpha value is -3.20. The summed E-state index contributed by atoms with van der Waals surface area (Å²) in [5.41, 5.74) is 0.859. The highest BCUT2D eigenvalue weighted by molar-refractivity contribution is 7.13. The van der Waals surface area contributed by atoms with Crippen LogP contribution in [0.1, 0.15) is 16.2 Å². The third kappa shape index (κ3) is 5.69. The van der Waals surface area contributed by atoms with Gasteiger partial charge in [-0.2, -0.15) is 9.97 Å². The van der Waals surface area contributed by atoms with Crippen LogP contribution in [0.4, 0.5) is 5.13 Å². The van der Waals surface area contributed by atoms with Gasteiger partial charge in [-0.15, -0.1) is 11.3 Å². The highest BCUT2D eigenvalue weighted by Crippen LogP contribution is 2.27. The van der Waals surface area contributed by atoms with Crippen molar-refractivity contribution in [2.24, 2.45) is 0 Å². The molecule has 2 heterocycles. The van der Waals surface area contributed by atoms with Gasteiger partial charge in [-0.3, -0.25) is 10.1 Å². The van der Waals surface area contributed by atoms with Crippen molar-refractivity contribution >= 4 is 45.6 Å². The van der Waals surface area contributed by atoms with Crippen molar-refractivity contribution in [2.75, 3.05) is 5.32 Å². The molecule has 4 aromatic rings. The fraction of sp³-hybridized carbons (Fsp3) is 0.0476. The number of amides is 1. The van der Waals surface area contributed by atoms with Gasteiger partial charge in [0.05, 0.1) is 5.69 Å². The summed E-state index contributed by atoms with van der Waals surface area (Å²) in [5.74, 6) is 0.595. The number of benzene rings is 2. The van der Waals surface area contributed by atoms with Gasteiger partial charge in [-0.1, -0.05) is 23.2 Å². The number of carbonyl (C=O) groups excluding carboxylic acids is 1. The fourth-order valence-corrected chi connectivity index (χ4v) is 3.36. The molecule has 7 nitrogen and oxygen atoms in total. The number of carbonyl (C=O) groups is 1. The maximum Gasteiger partial charge on any atom is 0.326 e. The Bertz CT molecular complexity index is 1150. The van der Waals surface area contributed by atoms with Crippen LogP contribution in [0, 0.1) is 6.92 Å². The number of nitrogens with zero attached hydrogens (tertiary/aromatic N) is 3. The lowest BCUT2D eigenvalue weighted by atomic mass is 10.3. The zero-order valence-electron chi connectivity index (χ0n) is 16.0. The molecular formula is C21H14Cl2N4O3S. The standard InChI is InChI=1S/C21H14Cl2N4O3S/c1-12-11-31-21(24-12)27-19(28)17-10-18(29-15-6-2-13(22)3-7-15)26-20(25-17)30-16-8-4-14(23)5-9-16/h2-11H,1H3,(H,24,27,28). The molecule has 0 aliphatic carbocycles. The van der Waals surface area contributed by atoms with E-state index in [9.17, 15) is 4.79 Å². The van der Waals surface area contributed by atoms with Crippen molar-refractivity contribution in [3.63, 3.8) is 0 Å². The first-order chi connectivity index (χ1) is 14.9. The van der Waals surface area contributed by atoms with E-state index in [-0.39, 0.29) is 17.6 Å². The Morgan fingerprint density at radius 2 is 1.52 bits per heavy atom. The normalized spacial score (nSPS) is 10.5. The van der Waals surface area contributed by atoms with Crippen LogP contribution in [0.25, 0.3) is 0 Å². The van der Waals surface area contributed by atoms with Crippen molar-refractivity contribution in [2.45, 2.75) is 6.92 Å². The molecule has 0 bridgehead atoms. The molecule has 1 N–H and O–H groups in total. The number of ether oxygens (including phenoxy) is 2. The molecule has 0 unspecified atom stereocenters. The minimum absolute atomic E-state index is 0.0516. The Morgan fingerprint density at radius 1 is 0.903 bits per heavy atom. The van der Waals surface area contributed by atoms with Gasteiger partial charge in [-0.25, -0.2) is 4.98 Å². The van der Waals surface area contributed by atoms with Crippen molar-refractivity contribution in [3.8, 4) is 23.4 Å². The quantitative estimate of drug-likeness (QED) is 0.350. The van der Waals surface area contributed by atoms with Crippen LogP contribution in [-0.4, -0.2) is 20.9 Å². The number of aryl methyl sites for hydroxylation is 1. The van der Waals surface area contributed by atoms with Crippen LogP contribution in [0.5, 0.6) is 23.4 Å². The smallest absolute Gasteiger partial charge is 0.326 e. The molecule has 156 valence electrons. The number of rotatable bonds is 6. The molecule has 0 saturated carbocycles. The fourth-order valence-electron chi connectivity index (χ4n) is 2.42. The van der Waals surface area contributed by atoms with Gasteiger partial charge in [0.15, 0.2) is 5.13 Å². The summed E-state index contributed by atoms with van der Waals surface area (Å²) >= 11 is 13.1. The van der Waals surface area contributed by atoms with Gasteiger partial charge in [0.25, 0.3) is 5.91 Å². The molecular weight excluding hydrogens is 459 g/mol. The van der Waals surface area contributed by atoms with E-state index in [1.165, 1.54) is 17.4 Å². The molecule has 0 radical (unpaired) electrons. The third-order valence-electron chi connectivity index (χ3n) is 3.81. The molecule has 0 atom stereocenters. The lowest BCUT2D eigenvalue weighted by Gasteiger charge is -2.10. The Morgan fingerprint density at radius 3 is 2.10 bits per heavy atom. The van der Waals surface area contributed by atoms with E-state index in [1.807, 2.05) is 12.3 Å². The van der Waals surface area contributed by atoms with Gasteiger partial charge >= 0.3 is 6.01 Å². The van der Waals surface area contributed by atoms with Crippen molar-refractivity contribution in [1.29, 1.82) is 0 Å². The first-order valence-corrected chi connectivity index (χ1v) is 10.6. The zero-order chi connectivity index (χ0) is 21.8. The van der Waals surface area contributed by atoms with E-state index in [2.05, 4.69) is 20.3 Å². The maximum atomic E-state index is 12.7. The largest absolute Gasteiger partial charge is 0.439 e. The maximum absolute atomic E-state index is 12.7. The van der Waals surface area contributed by atoms with Crippen LogP contribution in [0.3, 0.4) is 0 Å². The predicted molar refractivity (Wildman–Crippen MR) is 120 cm³/mol. The molecule has 2 aromatic heterocycles. The highest BCUT2D eigenvalue weighted by Gasteiger charge is 2.16. The zero-order valence-corrected chi connectivity index (χ0v) is 18.3. The van der Waals surface area contributed by atoms with Crippen LogP contribution in [-0.2, 0) is 0 Å². The monoisotopic (exact) mass is 472 g/mol. The van der Waals surface area contributed by atoms with Gasteiger partial charge in [0.1, 0.15) is 17.2 Å². The van der Waals surface area contributed by atoms with E-state index in [0.717, 1.165) is 5.69 Å². The summed E-state index contributed by atoms with van der Waals surface area (Å²) in [4.78, 5) is 25.4.